The highest BCUT2D eigenvalue weighted by Crippen LogP contribution is 2.24. The SMILES string of the molecule is CCCC(=O)Nc1cccc2c1COCC2. The van der Waals surface area contributed by atoms with E-state index in [9.17, 15) is 4.79 Å². The number of ether oxygens (including phenoxy) is 1. The molecule has 1 aromatic carbocycles. The summed E-state index contributed by atoms with van der Waals surface area (Å²) in [6.07, 6.45) is 2.38. The van der Waals surface area contributed by atoms with Gasteiger partial charge < -0.3 is 10.1 Å². The highest BCUT2D eigenvalue weighted by molar-refractivity contribution is 5.91. The molecule has 2 rings (SSSR count). The number of hydrogen-bond donors (Lipinski definition) is 1. The number of fused-ring (bicyclic) bond motifs is 1. The zero-order valence-corrected chi connectivity index (χ0v) is 9.58. The Morgan fingerprint density at radius 1 is 1.50 bits per heavy atom. The second-order valence-corrected chi connectivity index (χ2v) is 4.04. The number of benzene rings is 1. The summed E-state index contributed by atoms with van der Waals surface area (Å²) in [6, 6.07) is 6.04. The van der Waals surface area contributed by atoms with E-state index in [1.54, 1.807) is 0 Å². The lowest BCUT2D eigenvalue weighted by atomic mass is 10.0. The van der Waals surface area contributed by atoms with Gasteiger partial charge in [-0.25, -0.2) is 0 Å². The van der Waals surface area contributed by atoms with E-state index in [1.165, 1.54) is 5.56 Å². The van der Waals surface area contributed by atoms with Crippen LogP contribution < -0.4 is 5.32 Å². The van der Waals surface area contributed by atoms with Crippen LogP contribution in [0.2, 0.25) is 0 Å². The summed E-state index contributed by atoms with van der Waals surface area (Å²) < 4.78 is 5.43. The van der Waals surface area contributed by atoms with Crippen molar-refractivity contribution in [1.29, 1.82) is 0 Å². The van der Waals surface area contributed by atoms with E-state index in [0.29, 0.717) is 13.0 Å². The van der Waals surface area contributed by atoms with Crippen LogP contribution in [0.15, 0.2) is 18.2 Å². The molecular weight excluding hydrogens is 202 g/mol. The fraction of sp³-hybridized carbons (Fsp3) is 0.462. The van der Waals surface area contributed by atoms with Crippen molar-refractivity contribution in [1.82, 2.24) is 0 Å². The Bertz CT molecular complexity index is 388. The molecule has 0 aromatic heterocycles. The van der Waals surface area contributed by atoms with Crippen LogP contribution in [0.1, 0.15) is 30.9 Å². The van der Waals surface area contributed by atoms with Crippen molar-refractivity contribution in [2.75, 3.05) is 11.9 Å². The smallest absolute Gasteiger partial charge is 0.224 e. The highest BCUT2D eigenvalue weighted by Gasteiger charge is 2.14. The summed E-state index contributed by atoms with van der Waals surface area (Å²) in [5, 5.41) is 2.95. The van der Waals surface area contributed by atoms with Crippen molar-refractivity contribution in [2.24, 2.45) is 0 Å². The Morgan fingerprint density at radius 2 is 2.38 bits per heavy atom. The molecular formula is C13H17NO2. The van der Waals surface area contributed by atoms with Gasteiger partial charge >= 0.3 is 0 Å². The third kappa shape index (κ3) is 2.42. The first kappa shape index (κ1) is 11.1. The molecule has 1 aliphatic rings. The van der Waals surface area contributed by atoms with Crippen LogP contribution in [0.25, 0.3) is 0 Å². The minimum Gasteiger partial charge on any atom is -0.376 e. The van der Waals surface area contributed by atoms with Gasteiger partial charge in [0.25, 0.3) is 0 Å². The van der Waals surface area contributed by atoms with Crippen LogP contribution >= 0.6 is 0 Å². The van der Waals surface area contributed by atoms with Gasteiger partial charge in [-0.3, -0.25) is 4.79 Å². The Morgan fingerprint density at radius 3 is 3.19 bits per heavy atom. The van der Waals surface area contributed by atoms with Crippen molar-refractivity contribution in [3.63, 3.8) is 0 Å². The molecule has 1 aliphatic heterocycles. The number of rotatable bonds is 3. The minimum atomic E-state index is 0.0847. The Hall–Kier alpha value is -1.35. The van der Waals surface area contributed by atoms with Gasteiger partial charge in [0.2, 0.25) is 5.91 Å². The summed E-state index contributed by atoms with van der Waals surface area (Å²) in [5.74, 6) is 0.0847. The summed E-state index contributed by atoms with van der Waals surface area (Å²) >= 11 is 0. The van der Waals surface area contributed by atoms with Crippen molar-refractivity contribution >= 4 is 11.6 Å². The fourth-order valence-corrected chi connectivity index (χ4v) is 1.95. The lowest BCUT2D eigenvalue weighted by molar-refractivity contribution is -0.116. The van der Waals surface area contributed by atoms with Gasteiger partial charge in [0.15, 0.2) is 0 Å². The predicted molar refractivity (Wildman–Crippen MR) is 63.3 cm³/mol. The van der Waals surface area contributed by atoms with Gasteiger partial charge in [-0.2, -0.15) is 0 Å². The predicted octanol–water partition coefficient (Wildman–Crippen LogP) is 2.50. The van der Waals surface area contributed by atoms with Gasteiger partial charge in [-0.15, -0.1) is 0 Å². The number of amides is 1. The summed E-state index contributed by atoms with van der Waals surface area (Å²) in [5.41, 5.74) is 3.34. The topological polar surface area (TPSA) is 38.3 Å². The van der Waals surface area contributed by atoms with E-state index in [2.05, 4.69) is 11.4 Å². The maximum atomic E-state index is 11.5. The summed E-state index contributed by atoms with van der Waals surface area (Å²) in [7, 11) is 0. The first-order valence-corrected chi connectivity index (χ1v) is 5.79. The number of nitrogens with one attached hydrogen (secondary N) is 1. The molecule has 1 aromatic rings. The van der Waals surface area contributed by atoms with E-state index in [1.807, 2.05) is 19.1 Å². The van der Waals surface area contributed by atoms with E-state index >= 15 is 0 Å². The molecule has 3 nitrogen and oxygen atoms in total. The van der Waals surface area contributed by atoms with E-state index in [4.69, 9.17) is 4.74 Å². The number of hydrogen-bond acceptors (Lipinski definition) is 2. The molecule has 0 aliphatic carbocycles. The molecule has 0 saturated heterocycles. The van der Waals surface area contributed by atoms with Crippen LogP contribution in [0.3, 0.4) is 0 Å². The van der Waals surface area contributed by atoms with Crippen LogP contribution in [-0.2, 0) is 22.6 Å². The van der Waals surface area contributed by atoms with Gasteiger partial charge in [0.1, 0.15) is 0 Å². The molecule has 0 bridgehead atoms. The first-order valence-electron chi connectivity index (χ1n) is 5.79. The van der Waals surface area contributed by atoms with Crippen LogP contribution in [-0.4, -0.2) is 12.5 Å². The minimum absolute atomic E-state index is 0.0847. The van der Waals surface area contributed by atoms with Gasteiger partial charge in [-0.05, 0) is 24.5 Å². The Labute approximate surface area is 95.8 Å². The number of anilines is 1. The van der Waals surface area contributed by atoms with Crippen LogP contribution in [0.4, 0.5) is 5.69 Å². The van der Waals surface area contributed by atoms with Crippen LogP contribution in [0, 0.1) is 0 Å². The third-order valence-corrected chi connectivity index (χ3v) is 2.79. The standard InChI is InChI=1S/C13H17NO2/c1-2-4-13(15)14-12-6-3-5-10-7-8-16-9-11(10)12/h3,5-6H,2,4,7-9H2,1H3,(H,14,15). The van der Waals surface area contributed by atoms with Gasteiger partial charge in [0.05, 0.1) is 13.2 Å². The second kappa shape index (κ2) is 5.12. The molecule has 86 valence electrons. The third-order valence-electron chi connectivity index (χ3n) is 2.79. The van der Waals surface area contributed by atoms with Gasteiger partial charge in [-0.1, -0.05) is 19.1 Å². The first-order chi connectivity index (χ1) is 7.81. The molecule has 0 saturated carbocycles. The average Bonchev–Trinajstić information content (AvgIpc) is 2.30. The van der Waals surface area contributed by atoms with Crippen molar-refractivity contribution < 1.29 is 9.53 Å². The highest BCUT2D eigenvalue weighted by atomic mass is 16.5. The van der Waals surface area contributed by atoms with Gasteiger partial charge in [0, 0.05) is 17.7 Å². The zero-order chi connectivity index (χ0) is 11.4. The average molecular weight is 219 g/mol. The monoisotopic (exact) mass is 219 g/mol. The largest absolute Gasteiger partial charge is 0.376 e. The summed E-state index contributed by atoms with van der Waals surface area (Å²) in [6.45, 7) is 3.39. The molecule has 1 N–H and O–H groups in total. The molecule has 0 fully saturated rings. The van der Waals surface area contributed by atoms with Crippen LogP contribution in [0.5, 0.6) is 0 Å². The molecule has 0 unspecified atom stereocenters. The lowest BCUT2D eigenvalue weighted by Crippen LogP contribution is -2.16. The molecule has 1 amide bonds. The maximum Gasteiger partial charge on any atom is 0.224 e. The Kier molecular flexibility index (Phi) is 3.57. The molecule has 0 radical (unpaired) electrons. The fourth-order valence-electron chi connectivity index (χ4n) is 1.95. The zero-order valence-electron chi connectivity index (χ0n) is 9.58. The normalized spacial score (nSPS) is 14.3. The quantitative estimate of drug-likeness (QED) is 0.848. The second-order valence-electron chi connectivity index (χ2n) is 4.04. The Balaban J connectivity index is 2.17. The molecule has 3 heteroatoms. The van der Waals surface area contributed by atoms with Crippen molar-refractivity contribution in [2.45, 2.75) is 32.8 Å². The van der Waals surface area contributed by atoms with Crippen molar-refractivity contribution in [3.05, 3.63) is 29.3 Å². The molecule has 0 spiro atoms. The number of carbonyl (C=O) groups excluding carboxylic acids is 1. The van der Waals surface area contributed by atoms with E-state index < -0.39 is 0 Å². The summed E-state index contributed by atoms with van der Waals surface area (Å²) in [4.78, 5) is 11.5. The maximum absolute atomic E-state index is 11.5. The molecule has 0 atom stereocenters. The number of carbonyl (C=O) groups is 1. The van der Waals surface area contributed by atoms with E-state index in [0.717, 1.165) is 30.7 Å². The van der Waals surface area contributed by atoms with Crippen molar-refractivity contribution in [3.8, 4) is 0 Å². The molecule has 16 heavy (non-hydrogen) atoms. The molecule has 1 heterocycles. The van der Waals surface area contributed by atoms with E-state index in [-0.39, 0.29) is 5.91 Å². The lowest BCUT2D eigenvalue weighted by Gasteiger charge is -2.19.